The molecule has 30 heavy (non-hydrogen) atoms. The number of nitrogens with one attached hydrogen (secondary N) is 3. The molecule has 1 aliphatic rings. The highest BCUT2D eigenvalue weighted by molar-refractivity contribution is 7.93. The summed E-state index contributed by atoms with van der Waals surface area (Å²) in [5, 5.41) is 6.82. The zero-order valence-corrected chi connectivity index (χ0v) is 17.7. The molecule has 1 aromatic heterocycles. The summed E-state index contributed by atoms with van der Waals surface area (Å²) in [6.07, 6.45) is 0.862. The average Bonchev–Trinajstić information content (AvgIpc) is 3.11. The lowest BCUT2D eigenvalue weighted by Crippen LogP contribution is -2.24. The van der Waals surface area contributed by atoms with Crippen molar-refractivity contribution in [3.8, 4) is 0 Å². The number of rotatable bonds is 6. The Morgan fingerprint density at radius 1 is 0.900 bits per heavy atom. The zero-order valence-electron chi connectivity index (χ0n) is 16.0. The van der Waals surface area contributed by atoms with Gasteiger partial charge in [-0.3, -0.25) is 9.44 Å². The Balaban J connectivity index is 1.51. The predicted molar refractivity (Wildman–Crippen MR) is 111 cm³/mol. The van der Waals surface area contributed by atoms with E-state index >= 15 is 0 Å². The second-order valence-corrected chi connectivity index (χ2v) is 10.3. The van der Waals surface area contributed by atoms with Crippen LogP contribution < -0.4 is 14.8 Å². The second-order valence-electron chi connectivity index (χ2n) is 6.92. The van der Waals surface area contributed by atoms with Gasteiger partial charge in [-0.1, -0.05) is 11.2 Å². The van der Waals surface area contributed by atoms with Gasteiger partial charge in [0.1, 0.15) is 5.76 Å². The SMILES string of the molecule is Cc1cc(NS(=O)(=O)c2ccc(NS(=O)(=O)c3ccc4c(c3)CNCC4)cc2)no1. The molecule has 9 nitrogen and oxygen atoms in total. The zero-order chi connectivity index (χ0) is 21.4. The molecule has 0 saturated heterocycles. The molecule has 2 heterocycles. The van der Waals surface area contributed by atoms with Gasteiger partial charge in [-0.15, -0.1) is 0 Å². The molecule has 4 rings (SSSR count). The first-order valence-electron chi connectivity index (χ1n) is 9.14. The van der Waals surface area contributed by atoms with E-state index in [0.29, 0.717) is 12.3 Å². The largest absolute Gasteiger partial charge is 0.360 e. The number of sulfonamides is 2. The third-order valence-electron chi connectivity index (χ3n) is 4.66. The molecule has 2 aromatic carbocycles. The lowest BCUT2D eigenvalue weighted by atomic mass is 10.0. The van der Waals surface area contributed by atoms with Crippen LogP contribution in [0.5, 0.6) is 0 Å². The van der Waals surface area contributed by atoms with Crippen LogP contribution in [0.15, 0.2) is 62.8 Å². The molecule has 1 aliphatic heterocycles. The summed E-state index contributed by atoms with van der Waals surface area (Å²) in [4.78, 5) is 0.121. The number of hydrogen-bond acceptors (Lipinski definition) is 7. The highest BCUT2D eigenvalue weighted by Crippen LogP contribution is 2.23. The van der Waals surface area contributed by atoms with Crippen molar-refractivity contribution in [3.05, 3.63) is 65.4 Å². The highest BCUT2D eigenvalue weighted by Gasteiger charge is 2.19. The summed E-state index contributed by atoms with van der Waals surface area (Å²) in [7, 11) is -7.69. The number of benzene rings is 2. The van der Waals surface area contributed by atoms with Crippen LogP contribution in [0.1, 0.15) is 16.9 Å². The van der Waals surface area contributed by atoms with E-state index in [1.54, 1.807) is 19.1 Å². The predicted octanol–water partition coefficient (Wildman–Crippen LogP) is 2.23. The number of aromatic nitrogens is 1. The number of hydrogen-bond donors (Lipinski definition) is 3. The molecule has 0 amide bonds. The van der Waals surface area contributed by atoms with Crippen molar-refractivity contribution >= 4 is 31.6 Å². The fourth-order valence-corrected chi connectivity index (χ4v) is 5.24. The lowest BCUT2D eigenvalue weighted by molar-refractivity contribution is 0.400. The quantitative estimate of drug-likeness (QED) is 0.527. The Morgan fingerprint density at radius 3 is 2.30 bits per heavy atom. The van der Waals surface area contributed by atoms with Crippen LogP contribution in [0.4, 0.5) is 11.5 Å². The fraction of sp³-hybridized carbons (Fsp3) is 0.211. The fourth-order valence-electron chi connectivity index (χ4n) is 3.15. The van der Waals surface area contributed by atoms with Crippen LogP contribution in [0.3, 0.4) is 0 Å². The molecular weight excluding hydrogens is 428 g/mol. The van der Waals surface area contributed by atoms with Crippen molar-refractivity contribution in [3.63, 3.8) is 0 Å². The maximum absolute atomic E-state index is 12.7. The van der Waals surface area contributed by atoms with Crippen molar-refractivity contribution in [2.24, 2.45) is 0 Å². The van der Waals surface area contributed by atoms with E-state index in [0.717, 1.165) is 24.1 Å². The first kappa shape index (κ1) is 20.4. The third-order valence-corrected chi connectivity index (χ3v) is 7.41. The molecule has 11 heteroatoms. The molecule has 0 saturated carbocycles. The van der Waals surface area contributed by atoms with Crippen molar-refractivity contribution in [1.29, 1.82) is 0 Å². The Labute approximate surface area is 174 Å². The van der Waals surface area contributed by atoms with Crippen molar-refractivity contribution in [2.45, 2.75) is 29.7 Å². The minimum atomic E-state index is -3.88. The molecule has 0 radical (unpaired) electrons. The van der Waals surface area contributed by atoms with E-state index < -0.39 is 20.0 Å². The maximum Gasteiger partial charge on any atom is 0.263 e. The molecule has 3 aromatic rings. The molecule has 0 fully saturated rings. The lowest BCUT2D eigenvalue weighted by Gasteiger charge is -2.18. The topological polar surface area (TPSA) is 130 Å². The first-order valence-corrected chi connectivity index (χ1v) is 12.1. The van der Waals surface area contributed by atoms with Gasteiger partial charge >= 0.3 is 0 Å². The van der Waals surface area contributed by atoms with E-state index in [2.05, 4.69) is 19.9 Å². The number of nitrogens with zero attached hydrogens (tertiary/aromatic N) is 1. The highest BCUT2D eigenvalue weighted by atomic mass is 32.2. The van der Waals surface area contributed by atoms with Gasteiger partial charge in [0, 0.05) is 18.3 Å². The normalized spacial score (nSPS) is 14.2. The third kappa shape index (κ3) is 4.32. The molecular formula is C19H20N4O5S2. The summed E-state index contributed by atoms with van der Waals surface area (Å²) < 4.78 is 59.9. The average molecular weight is 449 g/mol. The Kier molecular flexibility index (Phi) is 5.26. The summed E-state index contributed by atoms with van der Waals surface area (Å²) >= 11 is 0. The van der Waals surface area contributed by atoms with Crippen LogP contribution >= 0.6 is 0 Å². The summed E-state index contributed by atoms with van der Waals surface area (Å²) in [5.74, 6) is 0.537. The van der Waals surface area contributed by atoms with Gasteiger partial charge in [0.05, 0.1) is 9.79 Å². The Hall–Kier alpha value is -2.89. The van der Waals surface area contributed by atoms with Gasteiger partial charge in [-0.2, -0.15) is 0 Å². The molecule has 0 atom stereocenters. The standard InChI is InChI=1S/C19H20N4O5S2/c1-13-10-19(21-28-13)23-29(24,25)17-6-3-16(4-7-17)22-30(26,27)18-5-2-14-8-9-20-12-15(14)11-18/h2-7,10-11,20,22H,8-9,12H2,1H3,(H,21,23). The van der Waals surface area contributed by atoms with Gasteiger partial charge in [0.15, 0.2) is 5.82 Å². The second kappa shape index (κ2) is 7.74. The molecule has 3 N–H and O–H groups in total. The van der Waals surface area contributed by atoms with Crippen molar-refractivity contribution in [1.82, 2.24) is 10.5 Å². The molecule has 0 spiro atoms. The van der Waals surface area contributed by atoms with Gasteiger partial charge in [-0.25, -0.2) is 16.8 Å². The van der Waals surface area contributed by atoms with Gasteiger partial charge in [0.2, 0.25) is 0 Å². The van der Waals surface area contributed by atoms with Gasteiger partial charge in [0.25, 0.3) is 20.0 Å². The monoisotopic (exact) mass is 448 g/mol. The summed E-state index contributed by atoms with van der Waals surface area (Å²) in [5.41, 5.74) is 2.35. The van der Waals surface area contributed by atoms with Crippen LogP contribution in [0.2, 0.25) is 0 Å². The number of aryl methyl sites for hydroxylation is 1. The molecule has 0 unspecified atom stereocenters. The Morgan fingerprint density at radius 2 is 1.60 bits per heavy atom. The molecule has 158 valence electrons. The minimum absolute atomic E-state index is 0.0362. The molecule has 0 aliphatic carbocycles. The van der Waals surface area contributed by atoms with Crippen molar-refractivity contribution in [2.75, 3.05) is 16.0 Å². The maximum atomic E-state index is 12.7. The van der Waals surface area contributed by atoms with Crippen molar-refractivity contribution < 1.29 is 21.4 Å². The van der Waals surface area contributed by atoms with E-state index in [-0.39, 0.29) is 21.3 Å². The smallest absolute Gasteiger partial charge is 0.263 e. The van der Waals surface area contributed by atoms with Crippen LogP contribution in [0.25, 0.3) is 0 Å². The van der Waals surface area contributed by atoms with E-state index in [1.807, 2.05) is 6.07 Å². The van der Waals surface area contributed by atoms with E-state index in [1.165, 1.54) is 30.3 Å². The van der Waals surface area contributed by atoms with Crippen LogP contribution in [-0.2, 0) is 33.0 Å². The molecule has 0 bridgehead atoms. The minimum Gasteiger partial charge on any atom is -0.360 e. The van der Waals surface area contributed by atoms with Crippen LogP contribution in [0, 0.1) is 6.92 Å². The number of anilines is 2. The van der Waals surface area contributed by atoms with E-state index in [9.17, 15) is 16.8 Å². The number of fused-ring (bicyclic) bond motifs is 1. The van der Waals surface area contributed by atoms with Crippen LogP contribution in [-0.4, -0.2) is 28.5 Å². The van der Waals surface area contributed by atoms with E-state index in [4.69, 9.17) is 4.52 Å². The van der Waals surface area contributed by atoms with Gasteiger partial charge < -0.3 is 9.84 Å². The summed E-state index contributed by atoms with van der Waals surface area (Å²) in [6.45, 7) is 3.14. The summed E-state index contributed by atoms with van der Waals surface area (Å²) in [6, 6.07) is 11.9. The first-order chi connectivity index (χ1) is 14.2. The van der Waals surface area contributed by atoms with Gasteiger partial charge in [-0.05, 0) is 67.4 Å². The Bertz CT molecular complexity index is 1280.